The number of para-hydroxylation sites is 1. The molecule has 0 saturated heterocycles. The number of hydrogen-bond donors (Lipinski definition) is 0. The maximum atomic E-state index is 13.4. The highest BCUT2D eigenvalue weighted by Crippen LogP contribution is 2.34. The monoisotopic (exact) mass is 467 g/mol. The van der Waals surface area contributed by atoms with Gasteiger partial charge in [0.25, 0.3) is 10.0 Å². The van der Waals surface area contributed by atoms with Crippen molar-refractivity contribution >= 4 is 43.5 Å². The molecule has 0 aliphatic carbocycles. The zero-order chi connectivity index (χ0) is 20.6. The van der Waals surface area contributed by atoms with Crippen molar-refractivity contribution in [3.05, 3.63) is 99.5 Å². The van der Waals surface area contributed by atoms with Crippen molar-refractivity contribution in [2.45, 2.75) is 11.8 Å². The number of aryl methyl sites for hydroxylation is 1. The predicted octanol–water partition coefficient (Wildman–Crippen LogP) is 5.23. The van der Waals surface area contributed by atoms with Gasteiger partial charge >= 0.3 is 0 Å². The molecule has 1 aliphatic rings. The highest BCUT2D eigenvalue weighted by Gasteiger charge is 2.34. The van der Waals surface area contributed by atoms with Gasteiger partial charge in [0.05, 0.1) is 17.1 Å². The van der Waals surface area contributed by atoms with Gasteiger partial charge in [0.2, 0.25) is 0 Å². The number of carbonyl (C=O) groups excluding carboxylic acids is 1. The first-order chi connectivity index (χ1) is 13.9. The number of nitrogens with zero attached hydrogens (tertiary/aromatic N) is 1. The van der Waals surface area contributed by atoms with Crippen LogP contribution in [0.15, 0.2) is 87.7 Å². The Morgan fingerprint density at radius 1 is 0.931 bits per heavy atom. The minimum Gasteiger partial charge on any atom is -0.289 e. The number of hydrogen-bond acceptors (Lipinski definition) is 3. The molecule has 0 spiro atoms. The van der Waals surface area contributed by atoms with Crippen LogP contribution in [0.5, 0.6) is 0 Å². The van der Waals surface area contributed by atoms with E-state index in [-0.39, 0.29) is 17.2 Å². The van der Waals surface area contributed by atoms with Crippen LogP contribution < -0.4 is 4.31 Å². The van der Waals surface area contributed by atoms with Gasteiger partial charge in [-0.3, -0.25) is 9.10 Å². The lowest BCUT2D eigenvalue weighted by atomic mass is 9.96. The molecule has 0 fully saturated rings. The Hall–Kier alpha value is -2.70. The first-order valence-electron chi connectivity index (χ1n) is 9.05. The molecular weight excluding hydrogens is 450 g/mol. The quantitative estimate of drug-likeness (QED) is 0.495. The van der Waals surface area contributed by atoms with E-state index in [2.05, 4.69) is 15.9 Å². The third-order valence-corrected chi connectivity index (χ3v) is 7.15. The molecule has 0 N–H and O–H groups in total. The molecule has 0 atom stereocenters. The number of anilines is 1. The van der Waals surface area contributed by atoms with E-state index in [9.17, 15) is 13.2 Å². The van der Waals surface area contributed by atoms with Crippen molar-refractivity contribution in [1.82, 2.24) is 0 Å². The van der Waals surface area contributed by atoms with Gasteiger partial charge in [-0.05, 0) is 55.0 Å². The van der Waals surface area contributed by atoms with Crippen molar-refractivity contribution in [3.63, 3.8) is 0 Å². The van der Waals surface area contributed by atoms with Gasteiger partial charge in [-0.15, -0.1) is 0 Å². The molecule has 3 aromatic carbocycles. The van der Waals surface area contributed by atoms with E-state index in [0.717, 1.165) is 15.6 Å². The number of fused-ring (bicyclic) bond motifs is 1. The normalized spacial score (nSPS) is 15.4. The number of rotatable bonds is 3. The van der Waals surface area contributed by atoms with E-state index >= 15 is 0 Å². The Labute approximate surface area is 178 Å². The van der Waals surface area contributed by atoms with Crippen LogP contribution in [-0.4, -0.2) is 20.7 Å². The first kappa shape index (κ1) is 19.6. The summed E-state index contributed by atoms with van der Waals surface area (Å²) in [7, 11) is -3.81. The van der Waals surface area contributed by atoms with Crippen LogP contribution in [-0.2, 0) is 10.0 Å². The standard InChI is InChI=1S/C23H18BrNO3S/c1-16-6-12-20(13-7-16)29(27,28)25-15-18(14-17-8-10-19(24)11-9-17)23(26)21-4-2-3-5-22(21)25/h2-14H,15H2,1H3/b18-14+. The molecule has 146 valence electrons. The van der Waals surface area contributed by atoms with Crippen LogP contribution in [0.4, 0.5) is 5.69 Å². The first-order valence-corrected chi connectivity index (χ1v) is 11.3. The summed E-state index contributed by atoms with van der Waals surface area (Å²) in [4.78, 5) is 13.2. The summed E-state index contributed by atoms with van der Waals surface area (Å²) < 4.78 is 29.0. The van der Waals surface area contributed by atoms with Crippen molar-refractivity contribution < 1.29 is 13.2 Å². The van der Waals surface area contributed by atoms with Gasteiger partial charge in [-0.1, -0.05) is 57.9 Å². The topological polar surface area (TPSA) is 54.5 Å². The summed E-state index contributed by atoms with van der Waals surface area (Å²) in [5.41, 5.74) is 3.04. The molecule has 0 saturated carbocycles. The molecule has 1 heterocycles. The third kappa shape index (κ3) is 3.78. The Balaban J connectivity index is 1.83. The molecule has 4 nitrogen and oxygen atoms in total. The summed E-state index contributed by atoms with van der Waals surface area (Å²) in [5, 5.41) is 0. The van der Waals surface area contributed by atoms with E-state index in [4.69, 9.17) is 0 Å². The number of benzene rings is 3. The molecule has 0 aromatic heterocycles. The second-order valence-electron chi connectivity index (χ2n) is 6.89. The van der Waals surface area contributed by atoms with Crippen LogP contribution in [0.1, 0.15) is 21.5 Å². The number of Topliss-reactive ketones (excluding diaryl/α,β-unsaturated/α-hetero) is 1. The lowest BCUT2D eigenvalue weighted by Crippen LogP contribution is -2.38. The fraction of sp³-hybridized carbons (Fsp3) is 0.0870. The van der Waals surface area contributed by atoms with Crippen molar-refractivity contribution in [1.29, 1.82) is 0 Å². The second-order valence-corrected chi connectivity index (χ2v) is 9.67. The van der Waals surface area contributed by atoms with Crippen LogP contribution in [0.3, 0.4) is 0 Å². The molecule has 4 rings (SSSR count). The van der Waals surface area contributed by atoms with E-state index < -0.39 is 10.0 Å². The summed E-state index contributed by atoms with van der Waals surface area (Å²) in [6.07, 6.45) is 1.75. The highest BCUT2D eigenvalue weighted by atomic mass is 79.9. The predicted molar refractivity (Wildman–Crippen MR) is 119 cm³/mol. The lowest BCUT2D eigenvalue weighted by molar-refractivity contribution is 0.103. The summed E-state index contributed by atoms with van der Waals surface area (Å²) >= 11 is 3.40. The minimum absolute atomic E-state index is 0.0118. The van der Waals surface area contributed by atoms with Crippen molar-refractivity contribution in [2.75, 3.05) is 10.8 Å². The summed E-state index contributed by atoms with van der Waals surface area (Å²) in [6.45, 7) is 1.90. The van der Waals surface area contributed by atoms with Gasteiger partial charge in [0, 0.05) is 15.6 Å². The van der Waals surface area contributed by atoms with Crippen molar-refractivity contribution in [3.8, 4) is 0 Å². The van der Waals surface area contributed by atoms with E-state index in [1.54, 1.807) is 54.6 Å². The van der Waals surface area contributed by atoms with Gasteiger partial charge in [0.1, 0.15) is 0 Å². The van der Waals surface area contributed by atoms with E-state index in [1.807, 2.05) is 31.2 Å². The van der Waals surface area contributed by atoms with E-state index in [1.165, 1.54) is 4.31 Å². The SMILES string of the molecule is Cc1ccc(S(=O)(=O)N2C/C(=C\c3ccc(Br)cc3)C(=O)c3ccccc32)cc1. The van der Waals surface area contributed by atoms with Gasteiger partial charge in [0.15, 0.2) is 5.78 Å². The van der Waals surface area contributed by atoms with Crippen LogP contribution >= 0.6 is 15.9 Å². The number of ketones is 1. The smallest absolute Gasteiger partial charge is 0.264 e. The highest BCUT2D eigenvalue weighted by molar-refractivity contribution is 9.10. The minimum atomic E-state index is -3.81. The second kappa shape index (κ2) is 7.61. The Morgan fingerprint density at radius 3 is 2.28 bits per heavy atom. The van der Waals surface area contributed by atoms with Crippen LogP contribution in [0, 0.1) is 6.92 Å². The molecular formula is C23H18BrNO3S. The zero-order valence-electron chi connectivity index (χ0n) is 15.7. The fourth-order valence-corrected chi connectivity index (χ4v) is 5.02. The average molecular weight is 468 g/mol. The number of sulfonamides is 1. The Kier molecular flexibility index (Phi) is 5.15. The molecule has 6 heteroatoms. The third-order valence-electron chi connectivity index (χ3n) is 4.84. The molecule has 1 aliphatic heterocycles. The molecule has 0 radical (unpaired) electrons. The molecule has 29 heavy (non-hydrogen) atoms. The average Bonchev–Trinajstić information content (AvgIpc) is 2.72. The van der Waals surface area contributed by atoms with Crippen molar-refractivity contribution in [2.24, 2.45) is 0 Å². The maximum Gasteiger partial charge on any atom is 0.264 e. The maximum absolute atomic E-state index is 13.4. The van der Waals surface area contributed by atoms with Gasteiger partial charge < -0.3 is 0 Å². The molecule has 0 bridgehead atoms. The number of carbonyl (C=O) groups is 1. The lowest BCUT2D eigenvalue weighted by Gasteiger charge is -2.31. The summed E-state index contributed by atoms with van der Waals surface area (Å²) in [5.74, 6) is -0.154. The van der Waals surface area contributed by atoms with E-state index in [0.29, 0.717) is 16.8 Å². The largest absolute Gasteiger partial charge is 0.289 e. The molecule has 0 unspecified atom stereocenters. The zero-order valence-corrected chi connectivity index (χ0v) is 18.1. The molecule has 0 amide bonds. The van der Waals surface area contributed by atoms with Crippen LogP contribution in [0.25, 0.3) is 6.08 Å². The Morgan fingerprint density at radius 2 is 1.59 bits per heavy atom. The Bertz CT molecular complexity index is 1210. The number of halogens is 1. The fourth-order valence-electron chi connectivity index (χ4n) is 3.29. The van der Waals surface area contributed by atoms with Gasteiger partial charge in [-0.25, -0.2) is 8.42 Å². The van der Waals surface area contributed by atoms with Crippen LogP contribution in [0.2, 0.25) is 0 Å². The molecule has 3 aromatic rings. The summed E-state index contributed by atoms with van der Waals surface area (Å²) in [6, 6.07) is 21.1. The van der Waals surface area contributed by atoms with Gasteiger partial charge in [-0.2, -0.15) is 0 Å².